The highest BCUT2D eigenvalue weighted by Gasteiger charge is 2.20. The summed E-state index contributed by atoms with van der Waals surface area (Å²) in [5, 5.41) is 13.2. The van der Waals surface area contributed by atoms with Gasteiger partial charge in [0.2, 0.25) is 0 Å². The standard InChI is InChI=1S/C17H25N3O3/c1-5-6-19(7-8-21)11-16(22)15-9-12(2)20(14(15)4)17-10-13(3)23-18-17/h9-10,21H,5-8,11H2,1-4H3. The average Bonchev–Trinajstić information content (AvgIpc) is 3.03. The fraction of sp³-hybridized carbons (Fsp3) is 0.529. The Morgan fingerprint density at radius 2 is 2.04 bits per heavy atom. The number of aliphatic hydroxyl groups excluding tert-OH is 1. The van der Waals surface area contributed by atoms with Crippen LogP contribution in [0.4, 0.5) is 0 Å². The van der Waals surface area contributed by atoms with Crippen molar-refractivity contribution in [2.45, 2.75) is 34.1 Å². The number of rotatable bonds is 8. The number of nitrogens with zero attached hydrogens (tertiary/aromatic N) is 3. The number of aryl methyl sites for hydroxylation is 2. The van der Waals surface area contributed by atoms with Gasteiger partial charge in [0.15, 0.2) is 11.6 Å². The van der Waals surface area contributed by atoms with E-state index >= 15 is 0 Å². The van der Waals surface area contributed by atoms with Gasteiger partial charge in [-0.1, -0.05) is 12.1 Å². The van der Waals surface area contributed by atoms with Crippen LogP contribution in [0.3, 0.4) is 0 Å². The molecule has 2 aromatic heterocycles. The zero-order valence-corrected chi connectivity index (χ0v) is 14.3. The number of hydrogen-bond acceptors (Lipinski definition) is 5. The summed E-state index contributed by atoms with van der Waals surface area (Å²) in [5.41, 5.74) is 2.51. The first-order chi connectivity index (χ1) is 11.0. The van der Waals surface area contributed by atoms with Crippen molar-refractivity contribution in [1.82, 2.24) is 14.6 Å². The van der Waals surface area contributed by atoms with E-state index in [-0.39, 0.29) is 12.4 Å². The normalized spacial score (nSPS) is 11.4. The van der Waals surface area contributed by atoms with E-state index in [9.17, 15) is 4.79 Å². The summed E-state index contributed by atoms with van der Waals surface area (Å²) in [4.78, 5) is 14.6. The van der Waals surface area contributed by atoms with Gasteiger partial charge in [-0.25, -0.2) is 0 Å². The summed E-state index contributed by atoms with van der Waals surface area (Å²) in [5.74, 6) is 1.49. The Morgan fingerprint density at radius 3 is 2.61 bits per heavy atom. The second-order valence-electron chi connectivity index (χ2n) is 5.84. The lowest BCUT2D eigenvalue weighted by Crippen LogP contribution is -2.33. The molecule has 23 heavy (non-hydrogen) atoms. The van der Waals surface area contributed by atoms with Crippen LogP contribution in [-0.2, 0) is 0 Å². The van der Waals surface area contributed by atoms with Crippen molar-refractivity contribution in [2.24, 2.45) is 0 Å². The summed E-state index contributed by atoms with van der Waals surface area (Å²) in [6, 6.07) is 3.74. The van der Waals surface area contributed by atoms with Gasteiger partial charge in [-0.05, 0) is 39.8 Å². The highest BCUT2D eigenvalue weighted by Crippen LogP contribution is 2.21. The van der Waals surface area contributed by atoms with E-state index in [1.165, 1.54) is 0 Å². The van der Waals surface area contributed by atoms with Crippen molar-refractivity contribution in [2.75, 3.05) is 26.2 Å². The zero-order chi connectivity index (χ0) is 17.0. The monoisotopic (exact) mass is 319 g/mol. The molecule has 126 valence electrons. The predicted octanol–water partition coefficient (Wildman–Crippen LogP) is 2.28. The van der Waals surface area contributed by atoms with E-state index in [0.717, 1.165) is 30.1 Å². The van der Waals surface area contributed by atoms with Crippen LogP contribution in [0.5, 0.6) is 0 Å². The maximum absolute atomic E-state index is 12.6. The fourth-order valence-corrected chi connectivity index (χ4v) is 2.87. The van der Waals surface area contributed by atoms with E-state index in [2.05, 4.69) is 12.1 Å². The second kappa shape index (κ2) is 7.57. The Labute approximate surface area is 136 Å². The molecule has 0 saturated heterocycles. The molecule has 2 rings (SSSR count). The molecule has 0 bridgehead atoms. The lowest BCUT2D eigenvalue weighted by Gasteiger charge is -2.19. The van der Waals surface area contributed by atoms with E-state index in [4.69, 9.17) is 9.63 Å². The molecular weight excluding hydrogens is 294 g/mol. The summed E-state index contributed by atoms with van der Waals surface area (Å²) in [6.45, 7) is 9.46. The van der Waals surface area contributed by atoms with E-state index in [1.54, 1.807) is 0 Å². The molecule has 0 aromatic carbocycles. The fourth-order valence-electron chi connectivity index (χ4n) is 2.87. The third kappa shape index (κ3) is 3.89. The van der Waals surface area contributed by atoms with Crippen LogP contribution in [0, 0.1) is 20.8 Å². The molecule has 6 nitrogen and oxygen atoms in total. The number of ketones is 1. The van der Waals surface area contributed by atoms with Crippen LogP contribution in [0.1, 0.15) is 40.9 Å². The van der Waals surface area contributed by atoms with Gasteiger partial charge < -0.3 is 9.63 Å². The summed E-state index contributed by atoms with van der Waals surface area (Å²) in [7, 11) is 0. The van der Waals surface area contributed by atoms with Gasteiger partial charge in [-0.15, -0.1) is 0 Å². The highest BCUT2D eigenvalue weighted by atomic mass is 16.5. The molecule has 6 heteroatoms. The summed E-state index contributed by atoms with van der Waals surface area (Å²) < 4.78 is 7.07. The lowest BCUT2D eigenvalue weighted by atomic mass is 10.1. The van der Waals surface area contributed by atoms with Gasteiger partial charge in [0.1, 0.15) is 5.76 Å². The van der Waals surface area contributed by atoms with Crippen LogP contribution >= 0.6 is 0 Å². The van der Waals surface area contributed by atoms with Crippen LogP contribution in [0.15, 0.2) is 16.7 Å². The number of hydrogen-bond donors (Lipinski definition) is 1. The molecule has 0 fully saturated rings. The maximum Gasteiger partial charge on any atom is 0.180 e. The molecule has 0 amide bonds. The minimum absolute atomic E-state index is 0.0600. The van der Waals surface area contributed by atoms with E-state index in [0.29, 0.717) is 24.5 Å². The minimum atomic E-state index is 0.0600. The van der Waals surface area contributed by atoms with Gasteiger partial charge >= 0.3 is 0 Å². The largest absolute Gasteiger partial charge is 0.395 e. The van der Waals surface area contributed by atoms with Gasteiger partial charge in [0.25, 0.3) is 0 Å². The molecule has 0 aliphatic heterocycles. The van der Waals surface area contributed by atoms with Crippen molar-refractivity contribution in [1.29, 1.82) is 0 Å². The first-order valence-electron chi connectivity index (χ1n) is 7.97. The van der Waals surface area contributed by atoms with Gasteiger partial charge in [-0.2, -0.15) is 0 Å². The molecule has 0 unspecified atom stereocenters. The SMILES string of the molecule is CCCN(CCO)CC(=O)c1cc(C)n(-c2cc(C)on2)c1C. The van der Waals surface area contributed by atoms with Crippen molar-refractivity contribution < 1.29 is 14.4 Å². The summed E-state index contributed by atoms with van der Waals surface area (Å²) >= 11 is 0. The molecule has 0 aliphatic rings. The smallest absolute Gasteiger partial charge is 0.180 e. The second-order valence-corrected chi connectivity index (χ2v) is 5.84. The van der Waals surface area contributed by atoms with Crippen molar-refractivity contribution in [3.8, 4) is 5.82 Å². The number of Topliss-reactive ketones (excluding diaryl/α,β-unsaturated/α-hetero) is 1. The van der Waals surface area contributed by atoms with E-state index in [1.807, 2.05) is 42.4 Å². The van der Waals surface area contributed by atoms with Crippen molar-refractivity contribution in [3.05, 3.63) is 34.8 Å². The molecule has 1 N–H and O–H groups in total. The highest BCUT2D eigenvalue weighted by molar-refractivity contribution is 5.99. The third-order valence-corrected chi connectivity index (χ3v) is 3.90. The van der Waals surface area contributed by atoms with E-state index < -0.39 is 0 Å². The Bertz CT molecular complexity index is 667. The van der Waals surface area contributed by atoms with Crippen molar-refractivity contribution in [3.63, 3.8) is 0 Å². The quantitative estimate of drug-likeness (QED) is 0.756. The van der Waals surface area contributed by atoms with Crippen LogP contribution in [0.25, 0.3) is 5.82 Å². The van der Waals surface area contributed by atoms with Gasteiger partial charge in [-0.3, -0.25) is 14.3 Å². The van der Waals surface area contributed by atoms with Crippen LogP contribution in [-0.4, -0.2) is 51.8 Å². The molecule has 2 heterocycles. The predicted molar refractivity (Wildman–Crippen MR) is 88.2 cm³/mol. The first-order valence-corrected chi connectivity index (χ1v) is 7.97. The third-order valence-electron chi connectivity index (χ3n) is 3.90. The number of aliphatic hydroxyl groups is 1. The first kappa shape index (κ1) is 17.4. The molecular formula is C17H25N3O3. The molecule has 2 aromatic rings. The Hall–Kier alpha value is -1.92. The lowest BCUT2D eigenvalue weighted by molar-refractivity contribution is 0.0914. The Morgan fingerprint density at radius 1 is 1.30 bits per heavy atom. The zero-order valence-electron chi connectivity index (χ0n) is 14.3. The minimum Gasteiger partial charge on any atom is -0.395 e. The van der Waals surface area contributed by atoms with Crippen LogP contribution in [0.2, 0.25) is 0 Å². The Balaban J connectivity index is 2.25. The molecule has 0 radical (unpaired) electrons. The molecule has 0 saturated carbocycles. The molecule has 0 atom stereocenters. The van der Waals surface area contributed by atoms with Crippen molar-refractivity contribution >= 4 is 5.78 Å². The Kier molecular flexibility index (Phi) is 5.74. The maximum atomic E-state index is 12.6. The summed E-state index contributed by atoms with van der Waals surface area (Å²) in [6.07, 6.45) is 0.949. The number of aromatic nitrogens is 2. The average molecular weight is 319 g/mol. The number of carbonyl (C=O) groups excluding carboxylic acids is 1. The topological polar surface area (TPSA) is 71.5 Å². The molecule has 0 aliphatic carbocycles. The van der Waals surface area contributed by atoms with Gasteiger partial charge in [0, 0.05) is 29.6 Å². The molecule has 0 spiro atoms. The number of carbonyl (C=O) groups is 1. The van der Waals surface area contributed by atoms with Gasteiger partial charge in [0.05, 0.1) is 13.2 Å². The van der Waals surface area contributed by atoms with Crippen LogP contribution < -0.4 is 0 Å².